The van der Waals surface area contributed by atoms with Gasteiger partial charge in [0.05, 0.1) is 0 Å². The molecular weight excluding hydrogens is 53.0 g/mol. The van der Waals surface area contributed by atoms with Gasteiger partial charge in [0, 0.05) is 0 Å². The first-order chi connectivity index (χ1) is 1.73. The molecule has 0 aliphatic heterocycles. The molecule has 0 rings (SSSR count). The van der Waals surface area contributed by atoms with Crippen molar-refractivity contribution in [3.63, 3.8) is 0 Å². The molecule has 0 aliphatic rings. The summed E-state index contributed by atoms with van der Waals surface area (Å²) in [4.78, 5) is 9.44. The zero-order valence-electron chi connectivity index (χ0n) is 2.91. The fourth-order valence-corrected chi connectivity index (χ4v) is 0. The predicted molar refractivity (Wildman–Crippen MR) is 16.4 cm³/mol. The molecule has 0 bridgehead atoms. The van der Waals surface area contributed by atoms with Crippen molar-refractivity contribution < 1.29 is 4.79 Å². The number of hydrogen-bond acceptors (Lipinski definition) is 1. The van der Waals surface area contributed by atoms with Gasteiger partial charge in [0.2, 0.25) is 0 Å². The molecule has 1 nitrogen and oxygen atoms in total. The van der Waals surface area contributed by atoms with Crippen molar-refractivity contribution in [3.05, 3.63) is 0 Å². The summed E-state index contributed by atoms with van der Waals surface area (Å²) in [5, 5.41) is 0. The van der Waals surface area contributed by atoms with Crippen LogP contribution in [-0.2, 0) is 4.79 Å². The second-order valence-corrected chi connectivity index (χ2v) is 0.908. The van der Waals surface area contributed by atoms with Crippen LogP contribution in [0.2, 0.25) is 0 Å². The van der Waals surface area contributed by atoms with Crippen LogP contribution in [0.5, 0.6) is 0 Å². The van der Waals surface area contributed by atoms with E-state index in [0.29, 0.717) is 0 Å². The molecule has 0 spiro atoms. The molecule has 0 aliphatic carbocycles. The van der Waals surface area contributed by atoms with E-state index in [1.165, 1.54) is 13.8 Å². The topological polar surface area (TPSA) is 17.1 Å². The first kappa shape index (κ1) is 3.67. The van der Waals surface area contributed by atoms with Gasteiger partial charge in [-0.05, 0) is 13.8 Å². The number of rotatable bonds is 0. The quantitative estimate of drug-likeness (QED) is 0.373. The molecule has 0 fully saturated rings. The van der Waals surface area contributed by atoms with Gasteiger partial charge in [0.25, 0.3) is 0 Å². The van der Waals surface area contributed by atoms with E-state index in [4.69, 9.17) is 0 Å². The Hall–Kier alpha value is -0.330. The lowest BCUT2D eigenvalue weighted by Crippen LogP contribution is -1.69. The fraction of sp³-hybridized carbons (Fsp3) is 0.667. The highest BCUT2D eigenvalue weighted by Crippen LogP contribution is 1.50. The van der Waals surface area contributed by atoms with E-state index >= 15 is 0 Å². The maximum atomic E-state index is 9.44. The summed E-state index contributed by atoms with van der Waals surface area (Å²) in [5.74, 6) is 0.167. The normalized spacial score (nSPS) is 6.50. The average Bonchev–Trinajstić information content (AvgIpc) is 0.811. The van der Waals surface area contributed by atoms with Crippen LogP contribution in [0.1, 0.15) is 13.8 Å². The highest BCUT2D eigenvalue weighted by Gasteiger charge is 1.62. The smallest absolute Gasteiger partial charge is 0.126 e. The Labute approximate surface area is 25.6 Å². The molecule has 0 aromatic carbocycles. The first-order valence-corrected chi connectivity index (χ1v) is 1.20. The summed E-state index contributed by atoms with van der Waals surface area (Å²) < 4.78 is 0. The molecule has 1 heteroatoms. The Kier molecular flexibility index (Phi) is 0.958. The molecule has 4 heavy (non-hydrogen) atoms. The summed E-state index contributed by atoms with van der Waals surface area (Å²) in [5.41, 5.74) is 0. The predicted octanol–water partition coefficient (Wildman–Crippen LogP) is 0.595. The van der Waals surface area contributed by atoms with Gasteiger partial charge in [0.1, 0.15) is 5.78 Å². The van der Waals surface area contributed by atoms with E-state index in [0.717, 1.165) is 0 Å². The minimum atomic E-state index is 0.167. The van der Waals surface area contributed by atoms with Crippen molar-refractivity contribution in [2.75, 3.05) is 0 Å². The molecule has 24 valence electrons. The van der Waals surface area contributed by atoms with Gasteiger partial charge >= 0.3 is 0 Å². The Balaban J connectivity index is 2.80. The van der Waals surface area contributed by atoms with Crippen LogP contribution < -0.4 is 0 Å². The van der Waals surface area contributed by atoms with Crippen molar-refractivity contribution in [1.82, 2.24) is 0 Å². The minimum Gasteiger partial charge on any atom is -0.300 e. The molecule has 0 N–H and O–H groups in total. The van der Waals surface area contributed by atoms with Crippen molar-refractivity contribution in [3.8, 4) is 0 Å². The average molecular weight is 59.1 g/mol. The number of carbonyl (C=O) groups excluding carboxylic acids is 1. The van der Waals surface area contributed by atoms with Crippen molar-refractivity contribution in [2.45, 2.75) is 13.8 Å². The van der Waals surface area contributed by atoms with Gasteiger partial charge in [0.15, 0.2) is 0 Å². The lowest BCUT2D eigenvalue weighted by atomic mass is 11.0. The summed E-state index contributed by atoms with van der Waals surface area (Å²) in [7, 11) is 0. The van der Waals surface area contributed by atoms with Gasteiger partial charge in [-0.1, -0.05) is 0 Å². The zero-order valence-corrected chi connectivity index (χ0v) is 2.91. The molecular formula is C3H6O. The Morgan fingerprint density at radius 2 is 1.50 bits per heavy atom. The van der Waals surface area contributed by atoms with Crippen molar-refractivity contribution in [2.24, 2.45) is 0 Å². The first-order valence-electron chi connectivity index (χ1n) is 1.20. The SMILES string of the molecule is C[13C](C)=O. The molecule has 0 radical (unpaired) electrons. The van der Waals surface area contributed by atoms with Crippen LogP contribution >= 0.6 is 0 Å². The van der Waals surface area contributed by atoms with E-state index in [9.17, 15) is 4.79 Å². The van der Waals surface area contributed by atoms with E-state index in [-0.39, 0.29) is 5.78 Å². The van der Waals surface area contributed by atoms with Gasteiger partial charge < -0.3 is 4.79 Å². The van der Waals surface area contributed by atoms with Crippen molar-refractivity contribution >= 4 is 5.78 Å². The Morgan fingerprint density at radius 1 is 1.50 bits per heavy atom. The largest absolute Gasteiger partial charge is 0.300 e. The summed E-state index contributed by atoms with van der Waals surface area (Å²) in [6, 6.07) is 0. The van der Waals surface area contributed by atoms with Gasteiger partial charge in [-0.15, -0.1) is 0 Å². The van der Waals surface area contributed by atoms with Crippen LogP contribution in [-0.4, -0.2) is 5.78 Å². The number of hydrogen-bond donors (Lipinski definition) is 0. The number of carbonyl (C=O) groups is 1. The molecule has 0 saturated carbocycles. The van der Waals surface area contributed by atoms with Gasteiger partial charge in [-0.25, -0.2) is 0 Å². The molecule has 0 aromatic rings. The molecule has 0 aromatic heterocycles. The number of ketones is 1. The lowest BCUT2D eigenvalue weighted by molar-refractivity contribution is -0.114. The van der Waals surface area contributed by atoms with Crippen molar-refractivity contribution in [1.29, 1.82) is 0 Å². The van der Waals surface area contributed by atoms with Gasteiger partial charge in [-0.3, -0.25) is 0 Å². The van der Waals surface area contributed by atoms with Crippen LogP contribution in [0.15, 0.2) is 0 Å². The molecule has 0 unspecified atom stereocenters. The maximum Gasteiger partial charge on any atom is 0.126 e. The van der Waals surface area contributed by atoms with Crippen LogP contribution in [0, 0.1) is 0 Å². The molecule has 0 amide bonds. The standard InChI is InChI=1S/C3H6O/c1-3(2)4/h1-2H3/i3+1. The summed E-state index contributed by atoms with van der Waals surface area (Å²) in [6.45, 7) is 3.06. The van der Waals surface area contributed by atoms with E-state index < -0.39 is 0 Å². The third-order valence-corrected chi connectivity index (χ3v) is 0. The summed E-state index contributed by atoms with van der Waals surface area (Å²) in [6.07, 6.45) is 0. The minimum absolute atomic E-state index is 0.167. The van der Waals surface area contributed by atoms with Crippen LogP contribution in [0.3, 0.4) is 0 Å². The number of Topliss-reactive ketones (excluding diaryl/α,β-unsaturated/α-hetero) is 1. The van der Waals surface area contributed by atoms with Gasteiger partial charge in [-0.2, -0.15) is 0 Å². The Bertz CT molecular complexity index is 26.3. The molecule has 0 atom stereocenters. The molecule has 0 heterocycles. The summed E-state index contributed by atoms with van der Waals surface area (Å²) >= 11 is 0. The molecule has 0 saturated heterocycles. The zero-order chi connectivity index (χ0) is 3.58. The Morgan fingerprint density at radius 3 is 1.50 bits per heavy atom. The third-order valence-electron chi connectivity index (χ3n) is 0. The fourth-order valence-electron chi connectivity index (χ4n) is 0. The van der Waals surface area contributed by atoms with E-state index in [1.807, 2.05) is 0 Å². The van der Waals surface area contributed by atoms with Crippen LogP contribution in [0.4, 0.5) is 0 Å². The highest BCUT2D eigenvalue weighted by molar-refractivity contribution is 5.72. The second-order valence-electron chi connectivity index (χ2n) is 0.908. The third kappa shape index (κ3) is 6.88. The lowest BCUT2D eigenvalue weighted by Gasteiger charge is -1.56. The van der Waals surface area contributed by atoms with E-state index in [2.05, 4.69) is 0 Å². The van der Waals surface area contributed by atoms with E-state index in [1.54, 1.807) is 0 Å². The maximum absolute atomic E-state index is 9.44. The second kappa shape index (κ2) is 1.04. The van der Waals surface area contributed by atoms with Crippen LogP contribution in [0.25, 0.3) is 0 Å². The highest BCUT2D eigenvalue weighted by atomic mass is 16.2. The monoisotopic (exact) mass is 59.0 g/mol.